The molecule has 0 unspecified atom stereocenters. The highest BCUT2D eigenvalue weighted by Gasteiger charge is 2.15. The van der Waals surface area contributed by atoms with Crippen molar-refractivity contribution in [2.24, 2.45) is 0 Å². The maximum absolute atomic E-state index is 12.5. The third-order valence-electron chi connectivity index (χ3n) is 4.12. The van der Waals surface area contributed by atoms with Gasteiger partial charge in [0.25, 0.3) is 0 Å². The molecule has 2 aromatic rings. The molecule has 0 amide bonds. The topological polar surface area (TPSA) is 29.1 Å². The van der Waals surface area contributed by atoms with Crippen LogP contribution in [0.3, 0.4) is 0 Å². The first-order chi connectivity index (χ1) is 9.65. The first kappa shape index (κ1) is 12.9. The fraction of sp³-hybridized carbons (Fsp3) is 0.278. The highest BCUT2D eigenvalue weighted by Crippen LogP contribution is 2.24. The summed E-state index contributed by atoms with van der Waals surface area (Å²) in [7, 11) is 0. The summed E-state index contributed by atoms with van der Waals surface area (Å²) in [6.45, 7) is 5.11. The highest BCUT2D eigenvalue weighted by molar-refractivity contribution is 5.98. The van der Waals surface area contributed by atoms with Gasteiger partial charge in [-0.2, -0.15) is 0 Å². The van der Waals surface area contributed by atoms with Gasteiger partial charge in [0.05, 0.1) is 0 Å². The summed E-state index contributed by atoms with van der Waals surface area (Å²) in [5.74, 6) is 0.193. The van der Waals surface area contributed by atoms with Crippen LogP contribution < -0.4 is 5.32 Å². The number of hydrogen-bond acceptors (Lipinski definition) is 2. The molecule has 2 heteroatoms. The minimum Gasteiger partial charge on any atom is -0.384 e. The van der Waals surface area contributed by atoms with Gasteiger partial charge in [-0.3, -0.25) is 4.79 Å². The molecule has 0 saturated heterocycles. The number of nitrogens with one attached hydrogen (secondary N) is 1. The van der Waals surface area contributed by atoms with Crippen molar-refractivity contribution in [3.05, 3.63) is 64.2 Å². The number of anilines is 1. The maximum Gasteiger partial charge on any atom is 0.167 e. The van der Waals surface area contributed by atoms with Crippen LogP contribution in [0.1, 0.15) is 32.6 Å². The Balaban J connectivity index is 1.86. The van der Waals surface area contributed by atoms with Crippen molar-refractivity contribution in [3.8, 4) is 0 Å². The van der Waals surface area contributed by atoms with Crippen LogP contribution in [0.15, 0.2) is 36.4 Å². The van der Waals surface area contributed by atoms with Crippen molar-refractivity contribution in [1.82, 2.24) is 0 Å². The molecule has 1 aliphatic rings. The fourth-order valence-electron chi connectivity index (χ4n) is 2.85. The predicted molar refractivity (Wildman–Crippen MR) is 82.6 cm³/mol. The van der Waals surface area contributed by atoms with Crippen molar-refractivity contribution in [3.63, 3.8) is 0 Å². The number of carbonyl (C=O) groups excluding carboxylic acids is 1. The average molecular weight is 265 g/mol. The predicted octanol–water partition coefficient (Wildman–Crippen LogP) is 3.70. The summed E-state index contributed by atoms with van der Waals surface area (Å²) in [6, 6.07) is 12.2. The number of ketones is 1. The molecule has 20 heavy (non-hydrogen) atoms. The van der Waals surface area contributed by atoms with E-state index in [0.29, 0.717) is 6.42 Å². The lowest BCUT2D eigenvalue weighted by Gasteiger charge is -2.10. The molecule has 0 spiro atoms. The zero-order valence-corrected chi connectivity index (χ0v) is 12.0. The SMILES string of the molecule is Cc1cccc(C)c1CC(=O)c1ccc2c(c1)NCC2. The van der Waals surface area contributed by atoms with E-state index in [1.807, 2.05) is 18.2 Å². The van der Waals surface area contributed by atoms with Gasteiger partial charge < -0.3 is 5.32 Å². The summed E-state index contributed by atoms with van der Waals surface area (Å²) in [6.07, 6.45) is 1.54. The monoisotopic (exact) mass is 265 g/mol. The van der Waals surface area contributed by atoms with Crippen molar-refractivity contribution in [2.75, 3.05) is 11.9 Å². The van der Waals surface area contributed by atoms with Crippen molar-refractivity contribution < 1.29 is 4.79 Å². The maximum atomic E-state index is 12.5. The van der Waals surface area contributed by atoms with Gasteiger partial charge in [-0.05, 0) is 48.6 Å². The van der Waals surface area contributed by atoms with E-state index in [4.69, 9.17) is 0 Å². The second-order valence-corrected chi connectivity index (χ2v) is 5.52. The number of benzene rings is 2. The van der Waals surface area contributed by atoms with E-state index >= 15 is 0 Å². The van der Waals surface area contributed by atoms with Crippen LogP contribution in [0.2, 0.25) is 0 Å². The van der Waals surface area contributed by atoms with E-state index in [1.54, 1.807) is 0 Å². The molecule has 0 radical (unpaired) electrons. The lowest BCUT2D eigenvalue weighted by Crippen LogP contribution is -2.07. The molecule has 0 bridgehead atoms. The molecular formula is C18H19NO. The second kappa shape index (κ2) is 5.12. The van der Waals surface area contributed by atoms with E-state index < -0.39 is 0 Å². The summed E-state index contributed by atoms with van der Waals surface area (Å²) < 4.78 is 0. The zero-order valence-electron chi connectivity index (χ0n) is 12.0. The van der Waals surface area contributed by atoms with Gasteiger partial charge in [-0.25, -0.2) is 0 Å². The molecule has 1 aliphatic heterocycles. The Labute approximate surface area is 119 Å². The number of aryl methyl sites for hydroxylation is 2. The Bertz CT molecular complexity index is 653. The molecular weight excluding hydrogens is 246 g/mol. The van der Waals surface area contributed by atoms with Crippen LogP contribution in [0.4, 0.5) is 5.69 Å². The normalized spacial score (nSPS) is 12.9. The summed E-state index contributed by atoms with van der Waals surface area (Å²) in [5, 5.41) is 3.33. The van der Waals surface area contributed by atoms with Gasteiger partial charge in [0.15, 0.2) is 5.78 Å². The van der Waals surface area contributed by atoms with Crippen LogP contribution in [0, 0.1) is 13.8 Å². The molecule has 0 atom stereocenters. The van der Waals surface area contributed by atoms with E-state index in [2.05, 4.69) is 37.4 Å². The van der Waals surface area contributed by atoms with Crippen LogP contribution in [-0.4, -0.2) is 12.3 Å². The third kappa shape index (κ3) is 2.34. The molecule has 0 aliphatic carbocycles. The Morgan fingerprint density at radius 1 is 1.15 bits per heavy atom. The van der Waals surface area contributed by atoms with E-state index in [9.17, 15) is 4.79 Å². The van der Waals surface area contributed by atoms with Crippen LogP contribution >= 0.6 is 0 Å². The Morgan fingerprint density at radius 3 is 2.65 bits per heavy atom. The van der Waals surface area contributed by atoms with Gasteiger partial charge >= 0.3 is 0 Å². The molecule has 102 valence electrons. The standard InChI is InChI=1S/C18H19NO/c1-12-4-3-5-13(2)16(12)11-18(20)15-7-6-14-8-9-19-17(14)10-15/h3-7,10,19H,8-9,11H2,1-2H3. The highest BCUT2D eigenvalue weighted by atomic mass is 16.1. The minimum atomic E-state index is 0.193. The number of carbonyl (C=O) groups is 1. The summed E-state index contributed by atoms with van der Waals surface area (Å²) in [4.78, 5) is 12.5. The van der Waals surface area contributed by atoms with Crippen molar-refractivity contribution in [1.29, 1.82) is 0 Å². The van der Waals surface area contributed by atoms with E-state index in [-0.39, 0.29) is 5.78 Å². The van der Waals surface area contributed by atoms with Crippen molar-refractivity contribution >= 4 is 11.5 Å². The van der Waals surface area contributed by atoms with Gasteiger partial charge in [-0.1, -0.05) is 30.3 Å². The third-order valence-corrected chi connectivity index (χ3v) is 4.12. The Kier molecular flexibility index (Phi) is 3.31. The van der Waals surface area contributed by atoms with Crippen LogP contribution in [-0.2, 0) is 12.8 Å². The smallest absolute Gasteiger partial charge is 0.167 e. The first-order valence-corrected chi connectivity index (χ1v) is 7.10. The fourth-order valence-corrected chi connectivity index (χ4v) is 2.85. The Morgan fingerprint density at radius 2 is 1.90 bits per heavy atom. The van der Waals surface area contributed by atoms with E-state index in [0.717, 1.165) is 29.8 Å². The summed E-state index contributed by atoms with van der Waals surface area (Å²) >= 11 is 0. The lowest BCUT2D eigenvalue weighted by atomic mass is 9.95. The first-order valence-electron chi connectivity index (χ1n) is 7.10. The largest absolute Gasteiger partial charge is 0.384 e. The zero-order chi connectivity index (χ0) is 14.1. The molecule has 1 N–H and O–H groups in total. The molecule has 0 aromatic heterocycles. The van der Waals surface area contributed by atoms with Crippen LogP contribution in [0.5, 0.6) is 0 Å². The molecule has 0 saturated carbocycles. The Hall–Kier alpha value is -2.09. The summed E-state index contributed by atoms with van der Waals surface area (Å²) in [5.41, 5.74) is 6.79. The molecule has 2 nitrogen and oxygen atoms in total. The number of fused-ring (bicyclic) bond motifs is 1. The number of hydrogen-bond donors (Lipinski definition) is 1. The number of rotatable bonds is 3. The lowest BCUT2D eigenvalue weighted by molar-refractivity contribution is 0.0992. The van der Waals surface area contributed by atoms with Gasteiger partial charge in [0.2, 0.25) is 0 Å². The molecule has 2 aromatic carbocycles. The minimum absolute atomic E-state index is 0.193. The van der Waals surface area contributed by atoms with E-state index in [1.165, 1.54) is 16.7 Å². The average Bonchev–Trinajstić information content (AvgIpc) is 2.90. The van der Waals surface area contributed by atoms with Crippen molar-refractivity contribution in [2.45, 2.75) is 26.7 Å². The quantitative estimate of drug-likeness (QED) is 0.857. The molecule has 0 fully saturated rings. The van der Waals surface area contributed by atoms with Gasteiger partial charge in [-0.15, -0.1) is 0 Å². The van der Waals surface area contributed by atoms with Gasteiger partial charge in [0, 0.05) is 24.2 Å². The van der Waals surface area contributed by atoms with Gasteiger partial charge in [0.1, 0.15) is 0 Å². The molecule has 1 heterocycles. The molecule has 3 rings (SSSR count). The second-order valence-electron chi connectivity index (χ2n) is 5.52. The number of Topliss-reactive ketones (excluding diaryl/α,β-unsaturated/α-hetero) is 1. The van der Waals surface area contributed by atoms with Crippen LogP contribution in [0.25, 0.3) is 0 Å².